The van der Waals surface area contributed by atoms with Crippen molar-refractivity contribution in [3.63, 3.8) is 0 Å². The highest BCUT2D eigenvalue weighted by molar-refractivity contribution is 5.96. The Morgan fingerprint density at radius 2 is 1.90 bits per heavy atom. The van der Waals surface area contributed by atoms with E-state index in [0.29, 0.717) is 29.9 Å². The van der Waals surface area contributed by atoms with E-state index in [4.69, 9.17) is 19.2 Å². The van der Waals surface area contributed by atoms with Crippen LogP contribution in [0.15, 0.2) is 60.8 Å². The largest absolute Gasteiger partial charge is 0.488 e. The van der Waals surface area contributed by atoms with Gasteiger partial charge in [0.25, 0.3) is 0 Å². The number of pyridine rings is 1. The summed E-state index contributed by atoms with van der Waals surface area (Å²) in [6, 6.07) is 19.3. The highest BCUT2D eigenvalue weighted by Crippen LogP contribution is 2.34. The summed E-state index contributed by atoms with van der Waals surface area (Å²) in [6.07, 6.45) is 6.05. The van der Waals surface area contributed by atoms with Crippen molar-refractivity contribution in [3.05, 3.63) is 88.6 Å². The number of nitrogens with zero attached hydrogens (tertiary/aromatic N) is 4. The number of methoxy groups -OCH3 is 1. The van der Waals surface area contributed by atoms with E-state index in [1.165, 1.54) is 43.3 Å². The average Bonchev–Trinajstić information content (AvgIpc) is 3.34. The third-order valence-electron chi connectivity index (χ3n) is 8.36. The molecule has 2 aliphatic rings. The van der Waals surface area contributed by atoms with E-state index in [1.54, 1.807) is 4.68 Å². The van der Waals surface area contributed by atoms with Crippen LogP contribution in [-0.4, -0.2) is 58.4 Å². The van der Waals surface area contributed by atoms with Crippen LogP contribution in [0.3, 0.4) is 0 Å². The molecular weight excluding hydrogens is 528 g/mol. The topological polar surface area (TPSA) is 78.7 Å². The zero-order valence-corrected chi connectivity index (χ0v) is 24.6. The summed E-state index contributed by atoms with van der Waals surface area (Å²) in [5, 5.41) is 4.37. The van der Waals surface area contributed by atoms with Gasteiger partial charge in [0.15, 0.2) is 11.6 Å². The predicted molar refractivity (Wildman–Crippen MR) is 161 cm³/mol. The minimum atomic E-state index is -0.113. The van der Waals surface area contributed by atoms with Crippen molar-refractivity contribution in [2.24, 2.45) is 0 Å². The number of benzene rings is 2. The van der Waals surface area contributed by atoms with Gasteiger partial charge in [-0.1, -0.05) is 36.4 Å². The lowest BCUT2D eigenvalue weighted by molar-refractivity contribution is 0.0315. The van der Waals surface area contributed by atoms with Gasteiger partial charge >= 0.3 is 0 Å². The number of Topliss-reactive ketones (excluding diaryl/α,β-unsaturated/α-hetero) is 1. The summed E-state index contributed by atoms with van der Waals surface area (Å²) in [6.45, 7) is 7.94. The lowest BCUT2D eigenvalue weighted by Gasteiger charge is -2.33. The normalized spacial score (nSPS) is 16.1. The van der Waals surface area contributed by atoms with Crippen molar-refractivity contribution in [1.29, 1.82) is 0 Å². The van der Waals surface area contributed by atoms with Crippen LogP contribution >= 0.6 is 0 Å². The second-order valence-corrected chi connectivity index (χ2v) is 11.2. The number of aromatic nitrogens is 3. The Morgan fingerprint density at radius 3 is 2.71 bits per heavy atom. The molecule has 42 heavy (non-hydrogen) atoms. The molecule has 0 atom stereocenters. The second kappa shape index (κ2) is 12.5. The molecule has 2 aliphatic heterocycles. The summed E-state index contributed by atoms with van der Waals surface area (Å²) in [7, 11) is 1.53. The summed E-state index contributed by atoms with van der Waals surface area (Å²) < 4.78 is 19.2. The van der Waals surface area contributed by atoms with Gasteiger partial charge < -0.3 is 14.2 Å². The Hall–Kier alpha value is -4.01. The number of para-hydroxylation sites is 1. The van der Waals surface area contributed by atoms with Gasteiger partial charge in [-0.2, -0.15) is 9.78 Å². The number of aryl methyl sites for hydroxylation is 2. The van der Waals surface area contributed by atoms with Crippen molar-refractivity contribution in [2.75, 3.05) is 26.9 Å². The molecule has 2 aromatic carbocycles. The Balaban J connectivity index is 1.22. The van der Waals surface area contributed by atoms with Crippen molar-refractivity contribution in [2.45, 2.75) is 58.7 Å². The van der Waals surface area contributed by atoms with Crippen LogP contribution in [0.2, 0.25) is 0 Å². The van der Waals surface area contributed by atoms with Crippen LogP contribution in [-0.2, 0) is 24.3 Å². The van der Waals surface area contributed by atoms with Crippen LogP contribution in [0.25, 0.3) is 17.1 Å². The molecule has 4 aromatic rings. The Morgan fingerprint density at radius 1 is 1.07 bits per heavy atom. The number of ketones is 1. The van der Waals surface area contributed by atoms with Crippen LogP contribution in [0.1, 0.15) is 58.8 Å². The quantitative estimate of drug-likeness (QED) is 0.244. The van der Waals surface area contributed by atoms with E-state index in [-0.39, 0.29) is 5.78 Å². The third-order valence-corrected chi connectivity index (χ3v) is 8.36. The average molecular weight is 567 g/mol. The summed E-state index contributed by atoms with van der Waals surface area (Å²) in [5.41, 5.74) is 7.14. The molecule has 0 aliphatic carbocycles. The minimum absolute atomic E-state index is 0.113. The maximum absolute atomic E-state index is 12.0. The van der Waals surface area contributed by atoms with Crippen LogP contribution in [0.5, 0.6) is 11.6 Å². The lowest BCUT2D eigenvalue weighted by Crippen LogP contribution is -2.39. The molecule has 8 nitrogen and oxygen atoms in total. The zero-order valence-electron chi connectivity index (χ0n) is 24.6. The van der Waals surface area contributed by atoms with Gasteiger partial charge in [-0.25, -0.2) is 4.98 Å². The number of carbonyl (C=O) groups is 1. The second-order valence-electron chi connectivity index (χ2n) is 11.2. The van der Waals surface area contributed by atoms with Crippen molar-refractivity contribution < 1.29 is 19.0 Å². The summed E-state index contributed by atoms with van der Waals surface area (Å²) >= 11 is 0. The highest BCUT2D eigenvalue weighted by atomic mass is 16.5. The van der Waals surface area contributed by atoms with Gasteiger partial charge in [0.2, 0.25) is 5.88 Å². The van der Waals surface area contributed by atoms with Gasteiger partial charge in [0, 0.05) is 31.4 Å². The van der Waals surface area contributed by atoms with E-state index in [1.807, 2.05) is 30.3 Å². The van der Waals surface area contributed by atoms with Crippen molar-refractivity contribution in [1.82, 2.24) is 19.7 Å². The maximum atomic E-state index is 12.0. The fraction of sp³-hybridized carbons (Fsp3) is 0.382. The Bertz CT molecular complexity index is 1570. The number of hydrogen-bond donors (Lipinski definition) is 0. The molecule has 0 spiro atoms. The molecule has 0 radical (unpaired) electrons. The monoisotopic (exact) mass is 566 g/mol. The zero-order chi connectivity index (χ0) is 29.1. The SMILES string of the molecule is COc1c(C(C)=O)cnn1-c1cccc(-c2cccc(C)c2OCc2ccc3c(c2)CCCN(C2CCOCC2)C3)n1. The molecule has 1 saturated heterocycles. The van der Waals surface area contributed by atoms with Gasteiger partial charge in [0.1, 0.15) is 12.4 Å². The first-order chi connectivity index (χ1) is 20.5. The molecule has 0 unspecified atom stereocenters. The smallest absolute Gasteiger partial charge is 0.228 e. The van der Waals surface area contributed by atoms with Gasteiger partial charge in [-0.05, 0) is 86.5 Å². The number of carbonyl (C=O) groups excluding carboxylic acids is 1. The maximum Gasteiger partial charge on any atom is 0.228 e. The first kappa shape index (κ1) is 28.1. The molecule has 218 valence electrons. The van der Waals surface area contributed by atoms with E-state index in [0.717, 1.165) is 68.1 Å². The molecular formula is C34H38N4O4. The van der Waals surface area contributed by atoms with Crippen LogP contribution in [0.4, 0.5) is 0 Å². The molecule has 2 aromatic heterocycles. The van der Waals surface area contributed by atoms with E-state index >= 15 is 0 Å². The molecule has 0 amide bonds. The number of hydrogen-bond acceptors (Lipinski definition) is 7. The van der Waals surface area contributed by atoms with Crippen molar-refractivity contribution >= 4 is 5.78 Å². The Kier molecular flexibility index (Phi) is 8.35. The van der Waals surface area contributed by atoms with E-state index in [2.05, 4.69) is 41.2 Å². The minimum Gasteiger partial charge on any atom is -0.488 e. The molecule has 0 N–H and O–H groups in total. The third kappa shape index (κ3) is 5.82. The number of rotatable bonds is 8. The standard InChI is InChI=1S/C34H38N4O4/c1-23-7-4-9-29(31-10-5-11-32(36-31)38-34(40-3)30(20-35-38)24(2)39)33(23)42-22-25-12-13-27-21-37(16-6-8-26(27)19-25)28-14-17-41-18-15-28/h4-5,7,9-13,19-20,28H,6,8,14-18,21-22H2,1-3H3. The predicted octanol–water partition coefficient (Wildman–Crippen LogP) is 5.96. The number of ether oxygens (including phenoxy) is 3. The number of fused-ring (bicyclic) bond motifs is 1. The van der Waals surface area contributed by atoms with Crippen molar-refractivity contribution in [3.8, 4) is 28.7 Å². The fourth-order valence-electron chi connectivity index (χ4n) is 6.12. The van der Waals surface area contributed by atoms with E-state index in [9.17, 15) is 4.79 Å². The molecule has 8 heteroatoms. The van der Waals surface area contributed by atoms with Gasteiger partial charge in [-0.3, -0.25) is 9.69 Å². The summed E-state index contributed by atoms with van der Waals surface area (Å²) in [4.78, 5) is 19.6. The Labute approximate surface area is 247 Å². The first-order valence-electron chi connectivity index (χ1n) is 14.8. The fourth-order valence-corrected chi connectivity index (χ4v) is 6.12. The first-order valence-corrected chi connectivity index (χ1v) is 14.8. The van der Waals surface area contributed by atoms with Gasteiger partial charge in [0.05, 0.1) is 24.6 Å². The molecule has 0 bridgehead atoms. The lowest BCUT2D eigenvalue weighted by atomic mass is 10.0. The van der Waals surface area contributed by atoms with E-state index < -0.39 is 0 Å². The molecule has 4 heterocycles. The van der Waals surface area contributed by atoms with Crippen LogP contribution < -0.4 is 9.47 Å². The summed E-state index contributed by atoms with van der Waals surface area (Å²) in [5.74, 6) is 1.62. The van der Waals surface area contributed by atoms with Gasteiger partial charge in [-0.15, -0.1) is 0 Å². The molecule has 0 saturated carbocycles. The van der Waals surface area contributed by atoms with Crippen LogP contribution in [0, 0.1) is 6.92 Å². The highest BCUT2D eigenvalue weighted by Gasteiger charge is 2.24. The molecule has 6 rings (SSSR count). The molecule has 1 fully saturated rings.